The third-order valence-corrected chi connectivity index (χ3v) is 6.37. The Labute approximate surface area is 183 Å². The molecule has 0 fully saturated rings. The van der Waals surface area contributed by atoms with Gasteiger partial charge in [-0.25, -0.2) is 9.78 Å². The molecule has 31 heavy (non-hydrogen) atoms. The number of hydrogen-bond acceptors (Lipinski definition) is 5. The van der Waals surface area contributed by atoms with Crippen LogP contribution in [0.3, 0.4) is 0 Å². The number of carbonyl (C=O) groups excluding carboxylic acids is 1. The number of carbonyl (C=O) groups is 1. The van der Waals surface area contributed by atoms with Gasteiger partial charge < -0.3 is 4.90 Å². The van der Waals surface area contributed by atoms with Gasteiger partial charge in [-0.2, -0.15) is 0 Å². The van der Waals surface area contributed by atoms with Crippen molar-refractivity contribution in [2.45, 2.75) is 40.3 Å². The van der Waals surface area contributed by atoms with Gasteiger partial charge in [0.2, 0.25) is 5.91 Å². The minimum absolute atomic E-state index is 0.151. The normalized spacial score (nSPS) is 11.3. The molecule has 8 heteroatoms. The summed E-state index contributed by atoms with van der Waals surface area (Å²) in [4.78, 5) is 46.4. The number of nitrogens with zero attached hydrogens (tertiary/aromatic N) is 4. The quantitative estimate of drug-likeness (QED) is 0.463. The second-order valence-corrected chi connectivity index (χ2v) is 8.44. The summed E-state index contributed by atoms with van der Waals surface area (Å²) in [7, 11) is 0. The Morgan fingerprint density at radius 1 is 1.13 bits per heavy atom. The summed E-state index contributed by atoms with van der Waals surface area (Å²) in [5, 5.41) is 0.715. The molecule has 0 unspecified atom stereocenters. The highest BCUT2D eigenvalue weighted by atomic mass is 32.1. The number of aromatic nitrogens is 3. The van der Waals surface area contributed by atoms with Crippen molar-refractivity contribution in [3.63, 3.8) is 0 Å². The number of pyridine rings is 1. The molecule has 0 atom stereocenters. The molecule has 0 radical (unpaired) electrons. The zero-order chi connectivity index (χ0) is 22.1. The average Bonchev–Trinajstić information content (AvgIpc) is 3.14. The second kappa shape index (κ2) is 8.47. The third kappa shape index (κ3) is 3.67. The van der Waals surface area contributed by atoms with Crippen molar-refractivity contribution in [3.05, 3.63) is 69.0 Å². The number of amides is 1. The molecule has 0 saturated heterocycles. The van der Waals surface area contributed by atoms with Crippen molar-refractivity contribution in [1.29, 1.82) is 0 Å². The van der Waals surface area contributed by atoms with Gasteiger partial charge in [0.25, 0.3) is 5.56 Å². The van der Waals surface area contributed by atoms with Crippen LogP contribution >= 0.6 is 11.3 Å². The summed E-state index contributed by atoms with van der Waals surface area (Å²) in [6, 6.07) is 11.3. The summed E-state index contributed by atoms with van der Waals surface area (Å²) in [6.45, 7) is 6.41. The van der Waals surface area contributed by atoms with E-state index in [1.807, 2.05) is 51.1 Å². The lowest BCUT2D eigenvalue weighted by Gasteiger charge is -2.22. The predicted octanol–water partition coefficient (Wildman–Crippen LogP) is 3.54. The van der Waals surface area contributed by atoms with Crippen LogP contribution in [0.1, 0.15) is 25.8 Å². The van der Waals surface area contributed by atoms with Crippen molar-refractivity contribution < 1.29 is 4.79 Å². The lowest BCUT2D eigenvalue weighted by atomic mass is 10.2. The first kappa shape index (κ1) is 21.0. The van der Waals surface area contributed by atoms with Crippen LogP contribution in [0.25, 0.3) is 20.4 Å². The minimum Gasteiger partial charge on any atom is -0.311 e. The fourth-order valence-corrected chi connectivity index (χ4v) is 4.97. The number of anilines is 1. The number of likely N-dealkylation sites (N-methyl/N-ethyl adjacent to an activating group) is 1. The molecular weight excluding hydrogens is 412 g/mol. The van der Waals surface area contributed by atoms with E-state index in [2.05, 4.69) is 4.98 Å². The summed E-state index contributed by atoms with van der Waals surface area (Å²) < 4.78 is 3.12. The molecule has 160 valence electrons. The maximum absolute atomic E-state index is 13.3. The molecule has 1 aromatic carbocycles. The van der Waals surface area contributed by atoms with Gasteiger partial charge in [0.05, 0.1) is 5.52 Å². The van der Waals surface area contributed by atoms with Crippen molar-refractivity contribution in [1.82, 2.24) is 14.1 Å². The van der Waals surface area contributed by atoms with E-state index in [0.29, 0.717) is 39.9 Å². The van der Waals surface area contributed by atoms with Gasteiger partial charge in [0.15, 0.2) is 0 Å². The van der Waals surface area contributed by atoms with E-state index in [1.54, 1.807) is 17.2 Å². The fourth-order valence-electron chi connectivity index (χ4n) is 3.87. The summed E-state index contributed by atoms with van der Waals surface area (Å²) >= 11 is 1.26. The first-order chi connectivity index (χ1) is 15.0. The topological polar surface area (TPSA) is 77.2 Å². The highest BCUT2D eigenvalue weighted by Crippen LogP contribution is 2.29. The molecule has 0 aliphatic carbocycles. The minimum atomic E-state index is -0.462. The van der Waals surface area contributed by atoms with Gasteiger partial charge in [-0.05, 0) is 50.1 Å². The molecule has 0 aliphatic heterocycles. The Kier molecular flexibility index (Phi) is 5.73. The number of benzene rings is 1. The Morgan fingerprint density at radius 3 is 2.65 bits per heavy atom. The lowest BCUT2D eigenvalue weighted by molar-refractivity contribution is -0.119. The van der Waals surface area contributed by atoms with E-state index in [9.17, 15) is 14.4 Å². The van der Waals surface area contributed by atoms with E-state index in [4.69, 9.17) is 0 Å². The van der Waals surface area contributed by atoms with Crippen LogP contribution in [0.5, 0.6) is 0 Å². The van der Waals surface area contributed by atoms with Crippen LogP contribution in [0.2, 0.25) is 0 Å². The van der Waals surface area contributed by atoms with Crippen molar-refractivity contribution in [2.75, 3.05) is 11.4 Å². The van der Waals surface area contributed by atoms with Crippen LogP contribution in [0.4, 0.5) is 5.69 Å². The molecule has 3 aromatic heterocycles. The monoisotopic (exact) mass is 436 g/mol. The van der Waals surface area contributed by atoms with Gasteiger partial charge >= 0.3 is 5.69 Å². The Morgan fingerprint density at radius 2 is 1.94 bits per heavy atom. The largest absolute Gasteiger partial charge is 0.332 e. The number of thiophene rings is 1. The molecule has 4 rings (SSSR count). The van der Waals surface area contributed by atoms with Crippen LogP contribution in [0, 0.1) is 6.92 Å². The molecule has 0 bridgehead atoms. The number of rotatable bonds is 6. The summed E-state index contributed by atoms with van der Waals surface area (Å²) in [6.07, 6.45) is 2.30. The molecule has 7 nitrogen and oxygen atoms in total. The van der Waals surface area contributed by atoms with Crippen LogP contribution in [0.15, 0.2) is 52.2 Å². The third-order valence-electron chi connectivity index (χ3n) is 5.28. The van der Waals surface area contributed by atoms with Gasteiger partial charge in [0.1, 0.15) is 16.1 Å². The summed E-state index contributed by atoms with van der Waals surface area (Å²) in [5.41, 5.74) is 1.55. The van der Waals surface area contributed by atoms with Crippen molar-refractivity contribution in [2.24, 2.45) is 0 Å². The molecule has 0 spiro atoms. The Balaban J connectivity index is 1.91. The highest BCUT2D eigenvalue weighted by Gasteiger charge is 2.22. The van der Waals surface area contributed by atoms with Gasteiger partial charge in [-0.15, -0.1) is 11.3 Å². The lowest BCUT2D eigenvalue weighted by Crippen LogP contribution is -2.43. The van der Waals surface area contributed by atoms with Crippen LogP contribution in [-0.4, -0.2) is 26.6 Å². The van der Waals surface area contributed by atoms with Crippen LogP contribution in [-0.2, 0) is 17.9 Å². The fraction of sp³-hybridized carbons (Fsp3) is 0.304. The molecular formula is C23H24N4O3S. The smallest absolute Gasteiger partial charge is 0.311 e. The van der Waals surface area contributed by atoms with Crippen molar-refractivity contribution in [3.8, 4) is 0 Å². The molecule has 0 N–H and O–H groups in total. The van der Waals surface area contributed by atoms with Crippen molar-refractivity contribution >= 4 is 43.4 Å². The molecule has 1 amide bonds. The maximum atomic E-state index is 13.3. The molecule has 0 saturated carbocycles. The maximum Gasteiger partial charge on any atom is 0.332 e. The Hall–Kier alpha value is -3.26. The van der Waals surface area contributed by atoms with E-state index >= 15 is 0 Å². The summed E-state index contributed by atoms with van der Waals surface area (Å²) in [5.74, 6) is -0.207. The first-order valence-corrected chi connectivity index (χ1v) is 11.2. The van der Waals surface area contributed by atoms with Gasteiger partial charge in [-0.1, -0.05) is 19.1 Å². The van der Waals surface area contributed by atoms with E-state index in [1.165, 1.54) is 20.5 Å². The first-order valence-electron chi connectivity index (χ1n) is 10.3. The number of hydrogen-bond donors (Lipinski definition) is 0. The molecule has 3 heterocycles. The number of aryl methyl sites for hydroxylation is 1. The van der Waals surface area contributed by atoms with Gasteiger partial charge in [0, 0.05) is 30.4 Å². The van der Waals surface area contributed by atoms with Gasteiger partial charge in [-0.3, -0.25) is 18.7 Å². The SMILES string of the molecule is CCCn1c(=O)c2sc3ncccc3c2n(CC(=O)N(CC)c2cccc(C)c2)c1=O. The zero-order valence-corrected chi connectivity index (χ0v) is 18.6. The second-order valence-electron chi connectivity index (χ2n) is 7.44. The molecule has 0 aliphatic rings. The van der Waals surface area contributed by atoms with E-state index in [-0.39, 0.29) is 18.0 Å². The van der Waals surface area contributed by atoms with E-state index in [0.717, 1.165) is 11.3 Å². The average molecular weight is 437 g/mol. The van der Waals surface area contributed by atoms with E-state index < -0.39 is 5.69 Å². The molecule has 4 aromatic rings. The standard InChI is InChI=1S/C23H24N4O3S/c1-4-12-26-22(29)20-19(17-10-7-11-24-21(17)31-20)27(23(26)30)14-18(28)25(5-2)16-9-6-8-15(3)13-16/h6-11,13H,4-5,12,14H2,1-3H3. The highest BCUT2D eigenvalue weighted by molar-refractivity contribution is 7.25. The zero-order valence-electron chi connectivity index (χ0n) is 17.8. The number of fused-ring (bicyclic) bond motifs is 3. The Bertz CT molecular complexity index is 1400. The predicted molar refractivity (Wildman–Crippen MR) is 125 cm³/mol. The van der Waals surface area contributed by atoms with Crippen LogP contribution < -0.4 is 16.1 Å².